The first kappa shape index (κ1) is 35.2. The maximum absolute atomic E-state index is 12.7. The van der Waals surface area contributed by atoms with Crippen LogP contribution in [0.15, 0.2) is 12.3 Å². The van der Waals surface area contributed by atoms with Crippen molar-refractivity contribution < 1.29 is 19.0 Å². The lowest BCUT2D eigenvalue weighted by molar-refractivity contribution is -0.0930. The van der Waals surface area contributed by atoms with Gasteiger partial charge in [-0.1, -0.05) is 11.6 Å². The number of piperidine rings is 1. The molecule has 2 aromatic heterocycles. The second-order valence-electron chi connectivity index (χ2n) is 17.8. The van der Waals surface area contributed by atoms with E-state index in [-0.39, 0.29) is 29.3 Å². The third-order valence-corrected chi connectivity index (χ3v) is 12.8. The van der Waals surface area contributed by atoms with Gasteiger partial charge in [0.25, 0.3) is 0 Å². The Morgan fingerprint density at radius 3 is 2.41 bits per heavy atom. The highest BCUT2D eigenvalue weighted by Crippen LogP contribution is 2.56. The summed E-state index contributed by atoms with van der Waals surface area (Å²) in [6.07, 6.45) is 9.33. The molecule has 5 aliphatic rings. The number of benzene rings is 1. The summed E-state index contributed by atoms with van der Waals surface area (Å²) in [6, 6.07) is 2.95. The first-order valence-corrected chi connectivity index (χ1v) is 19.4. The highest BCUT2D eigenvalue weighted by Gasteiger charge is 2.56. The molecule has 11 nitrogen and oxygen atoms in total. The molecule has 12 heteroatoms. The predicted octanol–water partition coefficient (Wildman–Crippen LogP) is 7.52. The van der Waals surface area contributed by atoms with E-state index in [1.165, 1.54) is 0 Å². The number of aromatic nitrogens is 4. The Bertz CT molecular complexity index is 1800. The molecule has 5 fully saturated rings. The third kappa shape index (κ3) is 6.13. The summed E-state index contributed by atoms with van der Waals surface area (Å²) < 4.78 is 21.8. The zero-order valence-corrected chi connectivity index (χ0v) is 32.6. The number of hydrogen-bond donors (Lipinski definition) is 0. The number of ether oxygens (including phenoxy) is 3. The van der Waals surface area contributed by atoms with E-state index in [0.29, 0.717) is 12.1 Å². The largest absolute Gasteiger partial charge is 0.444 e. The normalized spacial score (nSPS) is 25.6. The Kier molecular flexibility index (Phi) is 8.71. The van der Waals surface area contributed by atoms with E-state index in [4.69, 9.17) is 36.0 Å². The van der Waals surface area contributed by atoms with E-state index < -0.39 is 5.60 Å². The number of nitrogens with zero attached hydrogens (tertiary/aromatic N) is 7. The molecule has 278 valence electrons. The molecular weight excluding hydrogens is 666 g/mol. The van der Waals surface area contributed by atoms with Crippen molar-refractivity contribution in [1.82, 2.24) is 29.4 Å². The number of carbonyl (C=O) groups is 1. The summed E-state index contributed by atoms with van der Waals surface area (Å²) in [5.74, 6) is 1.01. The lowest BCUT2D eigenvalue weighted by atomic mass is 9.61. The summed E-state index contributed by atoms with van der Waals surface area (Å²) in [5, 5.41) is 12.3. The predicted molar refractivity (Wildman–Crippen MR) is 200 cm³/mol. The Balaban J connectivity index is 1.15. The molecule has 2 unspecified atom stereocenters. The van der Waals surface area contributed by atoms with Crippen molar-refractivity contribution in [3.63, 3.8) is 0 Å². The molecule has 1 saturated carbocycles. The fourth-order valence-electron chi connectivity index (χ4n) is 9.60. The zero-order valence-electron chi connectivity index (χ0n) is 31.8. The molecular formula is C39H56ClN7O4. The van der Waals surface area contributed by atoms with Gasteiger partial charge in [0.15, 0.2) is 12.0 Å². The molecule has 0 radical (unpaired) electrons. The Morgan fingerprint density at radius 2 is 1.76 bits per heavy atom. The van der Waals surface area contributed by atoms with Gasteiger partial charge in [-0.15, -0.1) is 0 Å². The average molecular weight is 722 g/mol. The zero-order chi connectivity index (χ0) is 36.0. The summed E-state index contributed by atoms with van der Waals surface area (Å²) in [6.45, 7) is 20.0. The van der Waals surface area contributed by atoms with Crippen LogP contribution in [0.2, 0.25) is 5.02 Å². The Labute approximate surface area is 307 Å². The fraction of sp³-hybridized carbons (Fsp3) is 0.718. The summed E-state index contributed by atoms with van der Waals surface area (Å²) >= 11 is 7.39. The molecule has 1 aromatic carbocycles. The number of halogens is 1. The van der Waals surface area contributed by atoms with E-state index in [2.05, 4.69) is 52.9 Å². The van der Waals surface area contributed by atoms with Gasteiger partial charge in [0.1, 0.15) is 5.60 Å². The highest BCUT2D eigenvalue weighted by atomic mass is 35.5. The molecule has 4 aliphatic heterocycles. The second kappa shape index (κ2) is 12.6. The minimum atomic E-state index is -0.493. The number of anilines is 1. The number of hydrogen-bond acceptors (Lipinski definition) is 8. The molecule has 2 atom stereocenters. The first-order valence-electron chi connectivity index (χ1n) is 19.1. The fourth-order valence-corrected chi connectivity index (χ4v) is 9.85. The van der Waals surface area contributed by atoms with Crippen molar-refractivity contribution in [2.75, 3.05) is 51.3 Å². The second-order valence-corrected chi connectivity index (χ2v) is 18.2. The van der Waals surface area contributed by atoms with Crippen molar-refractivity contribution in [3.05, 3.63) is 28.5 Å². The van der Waals surface area contributed by atoms with Gasteiger partial charge >= 0.3 is 6.09 Å². The average Bonchev–Trinajstić information content (AvgIpc) is 3.56. The van der Waals surface area contributed by atoms with Gasteiger partial charge in [-0.05, 0) is 105 Å². The molecule has 0 N–H and O–H groups in total. The van der Waals surface area contributed by atoms with E-state index in [1.54, 1.807) is 0 Å². The smallest absolute Gasteiger partial charge is 0.410 e. The lowest BCUT2D eigenvalue weighted by Gasteiger charge is -2.58. The minimum Gasteiger partial charge on any atom is -0.444 e. The van der Waals surface area contributed by atoms with E-state index >= 15 is 0 Å². The van der Waals surface area contributed by atoms with Gasteiger partial charge in [0.05, 0.1) is 28.9 Å². The molecule has 51 heavy (non-hydrogen) atoms. The molecule has 8 rings (SSSR count). The van der Waals surface area contributed by atoms with Crippen LogP contribution in [0.5, 0.6) is 0 Å². The molecule has 6 heterocycles. The molecule has 3 aromatic rings. The van der Waals surface area contributed by atoms with Crippen LogP contribution < -0.4 is 4.90 Å². The molecule has 1 spiro atoms. The van der Waals surface area contributed by atoms with E-state index in [1.807, 2.05) is 39.0 Å². The van der Waals surface area contributed by atoms with Crippen molar-refractivity contribution in [3.8, 4) is 11.1 Å². The van der Waals surface area contributed by atoms with Gasteiger partial charge in [0.2, 0.25) is 0 Å². The number of rotatable bonds is 6. The number of likely N-dealkylation sites (tertiary alicyclic amines) is 2. The maximum Gasteiger partial charge on any atom is 0.410 e. The summed E-state index contributed by atoms with van der Waals surface area (Å²) in [5.41, 5.74) is 4.85. The van der Waals surface area contributed by atoms with Crippen molar-refractivity contribution in [1.29, 1.82) is 0 Å². The van der Waals surface area contributed by atoms with Gasteiger partial charge in [-0.2, -0.15) is 10.2 Å². The van der Waals surface area contributed by atoms with Crippen molar-refractivity contribution >= 4 is 34.4 Å². The number of methoxy groups -OCH3 is 1. The van der Waals surface area contributed by atoms with Crippen LogP contribution in [0.25, 0.3) is 22.0 Å². The van der Waals surface area contributed by atoms with Crippen molar-refractivity contribution in [2.24, 2.45) is 5.41 Å². The molecule has 4 saturated heterocycles. The van der Waals surface area contributed by atoms with Gasteiger partial charge in [-0.25, -0.2) is 9.48 Å². The van der Waals surface area contributed by atoms with Crippen LogP contribution in [0.4, 0.5) is 10.6 Å². The summed E-state index contributed by atoms with van der Waals surface area (Å²) in [4.78, 5) is 19.7. The molecule has 1 amide bonds. The number of carbonyl (C=O) groups excluding carboxylic acids is 1. The van der Waals surface area contributed by atoms with Crippen LogP contribution in [0.3, 0.4) is 0 Å². The topological polar surface area (TPSA) is 90.1 Å². The number of amides is 1. The third-order valence-electron chi connectivity index (χ3n) is 12.4. The standard InChI is InChI=1S/C39H56ClN7O4/c1-24-15-30-29(19-41-47(30)31-11-9-10-14-50-31)33(34(24)40)32-25(2)46(27-17-39(18-27)22-44(23-39)36(48)51-37(3,4)5)42-35(32)45-13-12-26(16-38(45,6)7)43-20-28(21-43)49-8/h15,19,26-28,31H,9-14,16-18,20-23H2,1-8H3. The lowest BCUT2D eigenvalue weighted by Crippen LogP contribution is -2.64. The highest BCUT2D eigenvalue weighted by molar-refractivity contribution is 6.36. The summed E-state index contributed by atoms with van der Waals surface area (Å²) in [7, 11) is 1.82. The van der Waals surface area contributed by atoms with Crippen LogP contribution in [0, 0.1) is 19.3 Å². The van der Waals surface area contributed by atoms with Gasteiger partial charge in [0, 0.05) is 85.6 Å². The van der Waals surface area contributed by atoms with E-state index in [0.717, 1.165) is 128 Å². The quantitative estimate of drug-likeness (QED) is 0.258. The monoisotopic (exact) mass is 721 g/mol. The molecule has 0 bridgehead atoms. The van der Waals surface area contributed by atoms with Crippen LogP contribution in [-0.4, -0.2) is 105 Å². The Hall–Kier alpha value is -2.86. The van der Waals surface area contributed by atoms with Crippen LogP contribution >= 0.6 is 11.6 Å². The van der Waals surface area contributed by atoms with E-state index in [9.17, 15) is 4.79 Å². The van der Waals surface area contributed by atoms with Crippen LogP contribution in [-0.2, 0) is 14.2 Å². The number of aryl methyl sites for hydroxylation is 1. The van der Waals surface area contributed by atoms with Gasteiger partial charge < -0.3 is 24.0 Å². The first-order chi connectivity index (χ1) is 24.2. The maximum atomic E-state index is 12.7. The minimum absolute atomic E-state index is 0.0703. The number of fused-ring (bicyclic) bond motifs is 1. The van der Waals surface area contributed by atoms with Gasteiger partial charge in [-0.3, -0.25) is 9.58 Å². The van der Waals surface area contributed by atoms with Crippen LogP contribution in [0.1, 0.15) is 103 Å². The Morgan fingerprint density at radius 1 is 1.02 bits per heavy atom. The van der Waals surface area contributed by atoms with Crippen molar-refractivity contribution in [2.45, 2.75) is 129 Å². The molecule has 1 aliphatic carbocycles. The SMILES string of the molecule is COC1CN(C2CCN(c3nn(C4CC5(C4)CN(C(=O)OC(C)(C)C)C5)c(C)c3-c3c(Cl)c(C)cc4c3cnn4C3CCCCO3)C(C)(C)C2)C1.